The van der Waals surface area contributed by atoms with Gasteiger partial charge in [-0.15, -0.1) is 0 Å². The Bertz CT molecular complexity index is 166. The second-order valence-electron chi connectivity index (χ2n) is 2.95. The molecule has 0 rings (SSSR count). The monoisotopic (exact) mass is 205 g/mol. The summed E-state index contributed by atoms with van der Waals surface area (Å²) in [5.74, 6) is 4.80. The summed E-state index contributed by atoms with van der Waals surface area (Å²) in [6.07, 6.45) is 0. The van der Waals surface area contributed by atoms with Gasteiger partial charge in [-0.3, -0.25) is 15.1 Å². The molecule has 6 heteroatoms. The molecule has 6 nitrogen and oxygen atoms in total. The van der Waals surface area contributed by atoms with Crippen molar-refractivity contribution in [3.05, 3.63) is 0 Å². The number of hydrazine groups is 1. The molecule has 0 fully saturated rings. The van der Waals surface area contributed by atoms with Crippen LogP contribution in [0.1, 0.15) is 0 Å². The van der Waals surface area contributed by atoms with Crippen LogP contribution in [0.2, 0.25) is 0 Å². The van der Waals surface area contributed by atoms with E-state index in [1.807, 2.05) is 11.9 Å². The van der Waals surface area contributed by atoms with E-state index in [4.69, 9.17) is 15.3 Å². The third-order valence-corrected chi connectivity index (χ3v) is 1.95. The maximum Gasteiger partial charge on any atom is 0.253 e. The molecule has 0 spiro atoms. The molecule has 0 radical (unpaired) electrons. The van der Waals surface area contributed by atoms with E-state index >= 15 is 0 Å². The van der Waals surface area contributed by atoms with Crippen LogP contribution in [-0.4, -0.2) is 57.9 Å². The summed E-state index contributed by atoms with van der Waals surface area (Å²) in [5, 5.41) is 0. The van der Waals surface area contributed by atoms with Crippen molar-refractivity contribution in [3.8, 4) is 0 Å². The van der Waals surface area contributed by atoms with Gasteiger partial charge in [-0.05, 0) is 7.05 Å². The van der Waals surface area contributed by atoms with E-state index in [1.54, 1.807) is 14.2 Å². The molecule has 0 aliphatic rings. The molecule has 0 aromatic rings. The summed E-state index contributed by atoms with van der Waals surface area (Å²) in [7, 11) is 4.97. The smallest absolute Gasteiger partial charge is 0.253 e. The second-order valence-corrected chi connectivity index (χ2v) is 2.95. The van der Waals surface area contributed by atoms with Crippen LogP contribution in [0.15, 0.2) is 0 Å². The highest BCUT2D eigenvalue weighted by Crippen LogP contribution is 1.97. The summed E-state index contributed by atoms with van der Waals surface area (Å²) in [5.41, 5.74) is 2.11. The number of carbonyl (C=O) groups is 1. The Balaban J connectivity index is 4.10. The number of nitrogens with zero attached hydrogens (tertiary/aromatic N) is 1. The molecular formula is C8H19N3O3. The molecule has 0 aromatic heterocycles. The number of hydrogen-bond acceptors (Lipinski definition) is 5. The molecule has 0 aromatic carbocycles. The van der Waals surface area contributed by atoms with E-state index in [1.165, 1.54) is 0 Å². The number of ether oxygens (including phenoxy) is 2. The lowest BCUT2D eigenvalue weighted by molar-refractivity contribution is -0.128. The Hall–Kier alpha value is -0.690. The van der Waals surface area contributed by atoms with Crippen LogP contribution in [0.3, 0.4) is 0 Å². The fraction of sp³-hybridized carbons (Fsp3) is 0.875. The van der Waals surface area contributed by atoms with E-state index in [-0.39, 0.29) is 11.9 Å². The van der Waals surface area contributed by atoms with Gasteiger partial charge in [0.15, 0.2) is 0 Å². The Labute approximate surface area is 84.3 Å². The van der Waals surface area contributed by atoms with Crippen LogP contribution in [0, 0.1) is 0 Å². The van der Waals surface area contributed by atoms with Crippen LogP contribution >= 0.6 is 0 Å². The Morgan fingerprint density at radius 1 is 1.50 bits per heavy atom. The largest absolute Gasteiger partial charge is 0.383 e. The minimum absolute atomic E-state index is 0.259. The van der Waals surface area contributed by atoms with Gasteiger partial charge >= 0.3 is 0 Å². The van der Waals surface area contributed by atoms with Gasteiger partial charge in [0.1, 0.15) is 6.04 Å². The zero-order valence-corrected chi connectivity index (χ0v) is 8.95. The lowest BCUT2D eigenvalue weighted by atomic mass is 10.2. The summed E-state index contributed by atoms with van der Waals surface area (Å²) in [4.78, 5) is 13.1. The van der Waals surface area contributed by atoms with Crippen molar-refractivity contribution in [1.82, 2.24) is 10.3 Å². The first-order chi connectivity index (χ1) is 6.67. The first-order valence-electron chi connectivity index (χ1n) is 4.36. The Morgan fingerprint density at radius 3 is 2.57 bits per heavy atom. The highest BCUT2D eigenvalue weighted by atomic mass is 16.5. The number of hydrogen-bond donors (Lipinski definition) is 2. The van der Waals surface area contributed by atoms with E-state index in [9.17, 15) is 4.79 Å². The lowest BCUT2D eigenvalue weighted by Crippen LogP contribution is -2.50. The first-order valence-corrected chi connectivity index (χ1v) is 4.36. The van der Waals surface area contributed by atoms with Crippen molar-refractivity contribution in [2.45, 2.75) is 6.04 Å². The Morgan fingerprint density at radius 2 is 2.14 bits per heavy atom. The number of nitrogens with two attached hydrogens (primary N) is 1. The average Bonchev–Trinajstić information content (AvgIpc) is 2.21. The van der Waals surface area contributed by atoms with E-state index in [2.05, 4.69) is 5.43 Å². The van der Waals surface area contributed by atoms with E-state index in [0.29, 0.717) is 19.8 Å². The number of carbonyl (C=O) groups excluding carboxylic acids is 1. The molecular weight excluding hydrogens is 186 g/mol. The highest BCUT2D eigenvalue weighted by Gasteiger charge is 2.21. The zero-order chi connectivity index (χ0) is 11.0. The molecule has 1 unspecified atom stereocenters. The van der Waals surface area contributed by atoms with Crippen molar-refractivity contribution in [1.29, 1.82) is 0 Å². The van der Waals surface area contributed by atoms with Crippen LogP contribution in [-0.2, 0) is 14.3 Å². The number of amides is 1. The normalized spacial score (nSPS) is 12.9. The molecule has 0 bridgehead atoms. The summed E-state index contributed by atoms with van der Waals surface area (Å²) in [6, 6.07) is -0.375. The summed E-state index contributed by atoms with van der Waals surface area (Å²) < 4.78 is 9.84. The standard InChI is InChI=1S/C8H19N3O3/c1-11(4-5-13-2)7(6-14-3)8(12)10-9/h7H,4-6,9H2,1-3H3,(H,10,12). The van der Waals surface area contributed by atoms with Gasteiger partial charge in [0, 0.05) is 20.8 Å². The molecule has 0 saturated heterocycles. The fourth-order valence-corrected chi connectivity index (χ4v) is 1.05. The van der Waals surface area contributed by atoms with Crippen LogP contribution in [0.25, 0.3) is 0 Å². The van der Waals surface area contributed by atoms with Crippen LogP contribution < -0.4 is 11.3 Å². The van der Waals surface area contributed by atoms with Gasteiger partial charge in [0.25, 0.3) is 5.91 Å². The number of rotatable bonds is 7. The predicted octanol–water partition coefficient (Wildman–Crippen LogP) is -1.43. The molecule has 14 heavy (non-hydrogen) atoms. The van der Waals surface area contributed by atoms with Crippen molar-refractivity contribution in [2.75, 3.05) is 41.0 Å². The molecule has 0 aliphatic heterocycles. The maximum absolute atomic E-state index is 11.3. The summed E-state index contributed by atoms with van der Waals surface area (Å²) in [6.45, 7) is 1.52. The molecule has 0 heterocycles. The van der Waals surface area contributed by atoms with E-state index in [0.717, 1.165) is 0 Å². The minimum atomic E-state index is -0.375. The predicted molar refractivity (Wildman–Crippen MR) is 52.5 cm³/mol. The van der Waals surface area contributed by atoms with Crippen LogP contribution in [0.5, 0.6) is 0 Å². The minimum Gasteiger partial charge on any atom is -0.383 e. The molecule has 0 aliphatic carbocycles. The van der Waals surface area contributed by atoms with Crippen molar-refractivity contribution in [2.24, 2.45) is 5.84 Å². The van der Waals surface area contributed by atoms with Gasteiger partial charge in [-0.25, -0.2) is 5.84 Å². The molecule has 1 amide bonds. The highest BCUT2D eigenvalue weighted by molar-refractivity contribution is 5.81. The third kappa shape index (κ3) is 4.52. The molecule has 1 atom stereocenters. The van der Waals surface area contributed by atoms with E-state index < -0.39 is 0 Å². The second kappa shape index (κ2) is 7.69. The average molecular weight is 205 g/mol. The van der Waals surface area contributed by atoms with Crippen molar-refractivity contribution < 1.29 is 14.3 Å². The molecule has 3 N–H and O–H groups in total. The molecule has 84 valence electrons. The van der Waals surface area contributed by atoms with Crippen molar-refractivity contribution >= 4 is 5.91 Å². The number of methoxy groups -OCH3 is 2. The first kappa shape index (κ1) is 13.3. The van der Waals surface area contributed by atoms with Gasteiger partial charge in [-0.1, -0.05) is 0 Å². The Kier molecular flexibility index (Phi) is 7.31. The van der Waals surface area contributed by atoms with Crippen molar-refractivity contribution in [3.63, 3.8) is 0 Å². The quantitative estimate of drug-likeness (QED) is 0.303. The fourth-order valence-electron chi connectivity index (χ4n) is 1.05. The summed E-state index contributed by atoms with van der Waals surface area (Å²) >= 11 is 0. The number of likely N-dealkylation sites (N-methyl/N-ethyl adjacent to an activating group) is 1. The van der Waals surface area contributed by atoms with Gasteiger partial charge in [-0.2, -0.15) is 0 Å². The van der Waals surface area contributed by atoms with Gasteiger partial charge in [0.2, 0.25) is 0 Å². The SMILES string of the molecule is COCCN(C)C(COC)C(=O)NN. The van der Waals surface area contributed by atoms with Crippen LogP contribution in [0.4, 0.5) is 0 Å². The maximum atomic E-state index is 11.3. The van der Waals surface area contributed by atoms with Gasteiger partial charge in [0.05, 0.1) is 13.2 Å². The topological polar surface area (TPSA) is 76.8 Å². The lowest BCUT2D eigenvalue weighted by Gasteiger charge is -2.25. The third-order valence-electron chi connectivity index (χ3n) is 1.95. The molecule has 0 saturated carbocycles. The zero-order valence-electron chi connectivity index (χ0n) is 8.95. The number of nitrogens with one attached hydrogen (secondary N) is 1. The van der Waals surface area contributed by atoms with Gasteiger partial charge < -0.3 is 9.47 Å².